The maximum absolute atomic E-state index is 10.1. The number of rotatable bonds is 11. The Bertz CT molecular complexity index is 152. The number of hydrogen-bond acceptors (Lipinski definition) is 3. The summed E-state index contributed by atoms with van der Waals surface area (Å²) in [6, 6.07) is 0. The van der Waals surface area contributed by atoms with Crippen LogP contribution in [0.15, 0.2) is 0 Å². The van der Waals surface area contributed by atoms with E-state index in [1.54, 1.807) is 0 Å². The second-order valence-corrected chi connectivity index (χ2v) is 4.24. The van der Waals surface area contributed by atoms with E-state index in [9.17, 15) is 4.79 Å². The molecule has 0 aromatic rings. The van der Waals surface area contributed by atoms with Gasteiger partial charge in [-0.1, -0.05) is 22.6 Å². The molecule has 0 unspecified atom stereocenters. The molecule has 0 heterocycles. The number of carbonyl (C=O) groups is 1. The monoisotopic (exact) mass is 330 g/mol. The molecule has 0 radical (unpaired) electrons. The number of unbranched alkanes of at least 4 members (excludes halogenated alkanes) is 2. The van der Waals surface area contributed by atoms with Gasteiger partial charge in [-0.3, -0.25) is 0 Å². The number of carboxylic acid groups (broad SMARTS) is 1. The zero-order valence-corrected chi connectivity index (χ0v) is 11.1. The highest BCUT2D eigenvalue weighted by molar-refractivity contribution is 14.1. The van der Waals surface area contributed by atoms with E-state index in [1.807, 2.05) is 0 Å². The van der Waals surface area contributed by atoms with Crippen LogP contribution in [-0.4, -0.2) is 41.9 Å². The molecule has 15 heavy (non-hydrogen) atoms. The van der Waals surface area contributed by atoms with E-state index in [0.717, 1.165) is 32.5 Å². The minimum absolute atomic E-state index is 0.198. The molecule has 0 aromatic carbocycles. The van der Waals surface area contributed by atoms with Crippen molar-refractivity contribution in [3.8, 4) is 0 Å². The Kier molecular flexibility index (Phi) is 12.3. The summed E-state index contributed by atoms with van der Waals surface area (Å²) in [4.78, 5) is 10.1. The van der Waals surface area contributed by atoms with Crippen molar-refractivity contribution in [3.63, 3.8) is 0 Å². The lowest BCUT2D eigenvalue weighted by atomic mass is 10.3. The zero-order valence-electron chi connectivity index (χ0n) is 8.91. The first-order valence-electron chi connectivity index (χ1n) is 5.20. The summed E-state index contributed by atoms with van der Waals surface area (Å²) in [5, 5.41) is 8.29. The number of aliphatic carboxylic acids is 1. The summed E-state index contributed by atoms with van der Waals surface area (Å²) in [6.07, 6.45) is 4.13. The van der Waals surface area contributed by atoms with Crippen molar-refractivity contribution in [3.05, 3.63) is 0 Å². The second kappa shape index (κ2) is 12.2. The van der Waals surface area contributed by atoms with Crippen molar-refractivity contribution in [1.29, 1.82) is 0 Å². The third-order valence-corrected chi connectivity index (χ3v) is 2.49. The largest absolute Gasteiger partial charge is 0.480 e. The molecule has 0 bridgehead atoms. The number of ether oxygens (including phenoxy) is 2. The smallest absolute Gasteiger partial charge is 0.329 e. The van der Waals surface area contributed by atoms with Crippen LogP contribution in [0.4, 0.5) is 0 Å². The highest BCUT2D eigenvalue weighted by Crippen LogP contribution is 1.96. The first-order chi connectivity index (χ1) is 7.27. The Morgan fingerprint density at radius 2 is 1.53 bits per heavy atom. The van der Waals surface area contributed by atoms with Gasteiger partial charge in [-0.2, -0.15) is 0 Å². The highest BCUT2D eigenvalue weighted by atomic mass is 127. The molecule has 0 fully saturated rings. The molecule has 4 nitrogen and oxygen atoms in total. The van der Waals surface area contributed by atoms with Crippen LogP contribution in [-0.2, 0) is 14.3 Å². The average Bonchev–Trinajstić information content (AvgIpc) is 2.20. The Morgan fingerprint density at radius 3 is 2.07 bits per heavy atom. The van der Waals surface area contributed by atoms with Gasteiger partial charge in [0.05, 0.1) is 0 Å². The standard InChI is InChI=1S/C10H19IO4/c11-5-1-2-6-14-7-3-4-8-15-9-10(12)13/h1-9H2,(H,12,13). The van der Waals surface area contributed by atoms with Gasteiger partial charge in [-0.05, 0) is 30.1 Å². The Hall–Kier alpha value is 0.120. The van der Waals surface area contributed by atoms with Gasteiger partial charge in [0, 0.05) is 19.8 Å². The number of alkyl halides is 1. The van der Waals surface area contributed by atoms with Crippen molar-refractivity contribution in [2.24, 2.45) is 0 Å². The molecule has 0 spiro atoms. The van der Waals surface area contributed by atoms with Gasteiger partial charge in [0.25, 0.3) is 0 Å². The summed E-state index contributed by atoms with van der Waals surface area (Å²) in [6.45, 7) is 1.89. The van der Waals surface area contributed by atoms with Crippen LogP contribution in [0, 0.1) is 0 Å². The molecule has 0 saturated carbocycles. The molecule has 0 atom stereocenters. The number of halogens is 1. The molecule has 0 aliphatic heterocycles. The summed E-state index contributed by atoms with van der Waals surface area (Å²) in [7, 11) is 0. The summed E-state index contributed by atoms with van der Waals surface area (Å²) >= 11 is 2.36. The first kappa shape index (κ1) is 15.1. The van der Waals surface area contributed by atoms with Crippen LogP contribution in [0.2, 0.25) is 0 Å². The fourth-order valence-corrected chi connectivity index (χ4v) is 1.51. The van der Waals surface area contributed by atoms with E-state index in [2.05, 4.69) is 22.6 Å². The molecule has 0 saturated heterocycles. The van der Waals surface area contributed by atoms with E-state index in [1.165, 1.54) is 10.8 Å². The minimum Gasteiger partial charge on any atom is -0.480 e. The maximum atomic E-state index is 10.1. The van der Waals surface area contributed by atoms with Crippen molar-refractivity contribution in [2.75, 3.05) is 30.9 Å². The number of carboxylic acids is 1. The van der Waals surface area contributed by atoms with E-state index < -0.39 is 5.97 Å². The van der Waals surface area contributed by atoms with Crippen LogP contribution in [0.5, 0.6) is 0 Å². The Labute approximate surface area is 104 Å². The van der Waals surface area contributed by atoms with Gasteiger partial charge in [0.1, 0.15) is 6.61 Å². The summed E-state index contributed by atoms with van der Waals surface area (Å²) < 4.78 is 11.5. The average molecular weight is 330 g/mol. The van der Waals surface area contributed by atoms with Crippen molar-refractivity contribution >= 4 is 28.6 Å². The van der Waals surface area contributed by atoms with Gasteiger partial charge < -0.3 is 14.6 Å². The summed E-state index contributed by atoms with van der Waals surface area (Å²) in [5.74, 6) is -0.912. The summed E-state index contributed by atoms with van der Waals surface area (Å²) in [5.41, 5.74) is 0. The van der Waals surface area contributed by atoms with Gasteiger partial charge in [0.2, 0.25) is 0 Å². The van der Waals surface area contributed by atoms with Crippen LogP contribution in [0.25, 0.3) is 0 Å². The van der Waals surface area contributed by atoms with Gasteiger partial charge in [0.15, 0.2) is 0 Å². The zero-order chi connectivity index (χ0) is 11.4. The normalized spacial score (nSPS) is 10.5. The Balaban J connectivity index is 2.89. The fourth-order valence-electron chi connectivity index (χ4n) is 0.968. The number of hydrogen-bond donors (Lipinski definition) is 1. The fraction of sp³-hybridized carbons (Fsp3) is 0.900. The first-order valence-corrected chi connectivity index (χ1v) is 6.73. The third-order valence-electron chi connectivity index (χ3n) is 1.73. The topological polar surface area (TPSA) is 55.8 Å². The highest BCUT2D eigenvalue weighted by Gasteiger charge is 1.95. The SMILES string of the molecule is O=C(O)COCCCCOCCCCI. The predicted molar refractivity (Wildman–Crippen MR) is 66.6 cm³/mol. The second-order valence-electron chi connectivity index (χ2n) is 3.16. The molecule has 0 amide bonds. The van der Waals surface area contributed by atoms with E-state index in [0.29, 0.717) is 6.61 Å². The molecule has 0 aliphatic carbocycles. The molecular formula is C10H19IO4. The van der Waals surface area contributed by atoms with Crippen LogP contribution in [0.3, 0.4) is 0 Å². The van der Waals surface area contributed by atoms with Crippen LogP contribution in [0.1, 0.15) is 25.7 Å². The van der Waals surface area contributed by atoms with E-state index in [-0.39, 0.29) is 6.61 Å². The quantitative estimate of drug-likeness (QED) is 0.358. The third kappa shape index (κ3) is 14.1. The van der Waals surface area contributed by atoms with E-state index in [4.69, 9.17) is 14.6 Å². The van der Waals surface area contributed by atoms with Crippen molar-refractivity contribution in [2.45, 2.75) is 25.7 Å². The van der Waals surface area contributed by atoms with Crippen LogP contribution < -0.4 is 0 Å². The molecule has 0 rings (SSSR count). The molecular weight excluding hydrogens is 311 g/mol. The molecule has 0 aliphatic rings. The molecule has 0 aromatic heterocycles. The lowest BCUT2D eigenvalue weighted by Gasteiger charge is -2.03. The lowest BCUT2D eigenvalue weighted by molar-refractivity contribution is -0.142. The van der Waals surface area contributed by atoms with Gasteiger partial charge in [-0.15, -0.1) is 0 Å². The van der Waals surface area contributed by atoms with Crippen molar-refractivity contribution < 1.29 is 19.4 Å². The van der Waals surface area contributed by atoms with Crippen LogP contribution >= 0.6 is 22.6 Å². The maximum Gasteiger partial charge on any atom is 0.329 e. The van der Waals surface area contributed by atoms with Gasteiger partial charge >= 0.3 is 5.97 Å². The Morgan fingerprint density at radius 1 is 1.00 bits per heavy atom. The van der Waals surface area contributed by atoms with E-state index >= 15 is 0 Å². The molecule has 1 N–H and O–H groups in total. The minimum atomic E-state index is -0.912. The molecule has 5 heteroatoms. The lowest BCUT2D eigenvalue weighted by Crippen LogP contribution is -2.08. The predicted octanol–water partition coefficient (Wildman–Crippen LogP) is 2.10. The van der Waals surface area contributed by atoms with Crippen molar-refractivity contribution in [1.82, 2.24) is 0 Å². The van der Waals surface area contributed by atoms with Gasteiger partial charge in [-0.25, -0.2) is 4.79 Å². The molecule has 90 valence electrons.